The lowest BCUT2D eigenvalue weighted by Crippen LogP contribution is -2.60. The van der Waals surface area contributed by atoms with Crippen molar-refractivity contribution < 1.29 is 34.2 Å². The van der Waals surface area contributed by atoms with Crippen molar-refractivity contribution in [2.24, 2.45) is 0 Å². The number of hydrogen-bond donors (Lipinski definition) is 6. The number of hydrogen-bond acceptors (Lipinski definition) is 7. The molecule has 5 amide bonds. The number of halogens is 2. The Morgan fingerprint density at radius 3 is 2.05 bits per heavy atom. The van der Waals surface area contributed by atoms with Gasteiger partial charge in [0.2, 0.25) is 29.5 Å². The van der Waals surface area contributed by atoms with Crippen molar-refractivity contribution in [2.45, 2.75) is 60.7 Å². The Morgan fingerprint density at radius 2 is 1.45 bits per heavy atom. The number of aliphatic hydroxyl groups is 2. The predicted octanol–water partition coefficient (Wildman–Crippen LogP) is -1.48. The van der Waals surface area contributed by atoms with Gasteiger partial charge in [-0.1, -0.05) is 37.3 Å². The van der Waals surface area contributed by atoms with Crippen molar-refractivity contribution in [3.8, 4) is 0 Å². The molecule has 0 radical (unpaired) electrons. The third-order valence-electron chi connectivity index (χ3n) is 6.49. The number of nitrogens with one attached hydrogen (secondary N) is 4. The summed E-state index contributed by atoms with van der Waals surface area (Å²) in [6.07, 6.45) is -0.0832. The van der Waals surface area contributed by atoms with E-state index in [1.54, 1.807) is 37.3 Å². The first-order valence-electron chi connectivity index (χ1n) is 12.2. The molecular weight excluding hydrogens is 541 g/mol. The zero-order valence-corrected chi connectivity index (χ0v) is 22.1. The number of alkyl halides is 2. The minimum atomic E-state index is -1.51. The molecule has 0 aromatic heterocycles. The summed E-state index contributed by atoms with van der Waals surface area (Å²) in [5.41, 5.74) is 0.597. The molecule has 2 aliphatic heterocycles. The van der Waals surface area contributed by atoms with Crippen LogP contribution in [0.15, 0.2) is 30.3 Å². The number of nitrogens with zero attached hydrogens (tertiary/aromatic N) is 1. The Balaban J connectivity index is 2.02. The Hall–Kier alpha value is -2.93. The van der Waals surface area contributed by atoms with Gasteiger partial charge in [-0.3, -0.25) is 24.0 Å². The second kappa shape index (κ2) is 13.2. The fourth-order valence-corrected chi connectivity index (χ4v) is 5.01. The van der Waals surface area contributed by atoms with Gasteiger partial charge >= 0.3 is 0 Å². The van der Waals surface area contributed by atoms with Gasteiger partial charge in [0.25, 0.3) is 0 Å². The molecule has 3 rings (SSSR count). The van der Waals surface area contributed by atoms with E-state index in [-0.39, 0.29) is 19.4 Å². The van der Waals surface area contributed by atoms with Crippen LogP contribution in [0.4, 0.5) is 0 Å². The number of carbonyl (C=O) groups excluding carboxylic acids is 5. The molecule has 1 aromatic carbocycles. The van der Waals surface area contributed by atoms with Crippen molar-refractivity contribution in [2.75, 3.05) is 19.8 Å². The SMILES string of the molecule is CCC1NC(=O)CC(c2ccccc2)NC(=O)C2C(Cl)C(Cl)CN2C(=O)C(CO)NC(=O)C(CO)NC1=O. The van der Waals surface area contributed by atoms with Crippen LogP contribution in [0.1, 0.15) is 31.4 Å². The summed E-state index contributed by atoms with van der Waals surface area (Å²) in [5.74, 6) is -3.75. The zero-order valence-electron chi connectivity index (χ0n) is 20.6. The number of aliphatic hydroxyl groups excluding tert-OH is 2. The fourth-order valence-electron chi connectivity index (χ4n) is 4.40. The molecule has 208 valence electrons. The Morgan fingerprint density at radius 1 is 0.842 bits per heavy atom. The summed E-state index contributed by atoms with van der Waals surface area (Å²) in [6.45, 7) is -0.145. The van der Waals surface area contributed by atoms with Gasteiger partial charge < -0.3 is 36.4 Å². The van der Waals surface area contributed by atoms with Gasteiger partial charge in [0.15, 0.2) is 0 Å². The lowest BCUT2D eigenvalue weighted by molar-refractivity contribution is -0.143. The van der Waals surface area contributed by atoms with Crippen molar-refractivity contribution >= 4 is 52.7 Å². The molecular formula is C24H31Cl2N5O7. The summed E-state index contributed by atoms with van der Waals surface area (Å²) < 4.78 is 0. The molecule has 14 heteroatoms. The molecule has 2 saturated heterocycles. The van der Waals surface area contributed by atoms with E-state index < -0.39 is 83.7 Å². The highest BCUT2D eigenvalue weighted by Crippen LogP contribution is 2.29. The van der Waals surface area contributed by atoms with E-state index in [9.17, 15) is 34.2 Å². The lowest BCUT2D eigenvalue weighted by Gasteiger charge is -2.31. The van der Waals surface area contributed by atoms with Gasteiger partial charge in [-0.25, -0.2) is 0 Å². The first-order chi connectivity index (χ1) is 18.1. The van der Waals surface area contributed by atoms with Gasteiger partial charge in [0.05, 0.1) is 36.4 Å². The largest absolute Gasteiger partial charge is 0.394 e. The van der Waals surface area contributed by atoms with E-state index in [1.165, 1.54) is 0 Å². The number of amides is 5. The van der Waals surface area contributed by atoms with Crippen LogP contribution in [-0.2, 0) is 24.0 Å². The maximum Gasteiger partial charge on any atom is 0.248 e. The first kappa shape index (κ1) is 29.6. The molecule has 0 aliphatic carbocycles. The Labute approximate surface area is 229 Å². The zero-order chi connectivity index (χ0) is 28.0. The van der Waals surface area contributed by atoms with E-state index in [0.717, 1.165) is 4.90 Å². The molecule has 12 nitrogen and oxygen atoms in total. The van der Waals surface area contributed by atoms with E-state index in [1.807, 2.05) is 0 Å². The Kier molecular flexibility index (Phi) is 10.3. The van der Waals surface area contributed by atoms with Crippen molar-refractivity contribution in [1.29, 1.82) is 0 Å². The van der Waals surface area contributed by atoms with Crippen LogP contribution >= 0.6 is 23.2 Å². The molecule has 0 bridgehead atoms. The van der Waals surface area contributed by atoms with E-state index in [2.05, 4.69) is 21.3 Å². The van der Waals surface area contributed by atoms with Crippen LogP contribution < -0.4 is 21.3 Å². The van der Waals surface area contributed by atoms with Gasteiger partial charge in [0.1, 0.15) is 24.2 Å². The van der Waals surface area contributed by atoms with Gasteiger partial charge in [-0.15, -0.1) is 23.2 Å². The monoisotopic (exact) mass is 571 g/mol. The lowest BCUT2D eigenvalue weighted by atomic mass is 10.0. The van der Waals surface area contributed by atoms with Crippen LogP contribution in [-0.4, -0.2) is 99.3 Å². The number of carbonyl (C=O) groups is 5. The molecule has 1 aromatic rings. The van der Waals surface area contributed by atoms with Gasteiger partial charge in [0, 0.05) is 6.54 Å². The molecule has 7 atom stereocenters. The van der Waals surface area contributed by atoms with Crippen LogP contribution in [0, 0.1) is 0 Å². The summed E-state index contributed by atoms with van der Waals surface area (Å²) in [7, 11) is 0. The second-order valence-electron chi connectivity index (χ2n) is 9.09. The van der Waals surface area contributed by atoms with Crippen molar-refractivity contribution in [1.82, 2.24) is 26.2 Å². The smallest absolute Gasteiger partial charge is 0.248 e. The highest BCUT2D eigenvalue weighted by molar-refractivity contribution is 6.32. The highest BCUT2D eigenvalue weighted by atomic mass is 35.5. The molecule has 0 saturated carbocycles. The maximum atomic E-state index is 13.5. The second-order valence-corrected chi connectivity index (χ2v) is 10.2. The third kappa shape index (κ3) is 6.73. The van der Waals surface area contributed by atoms with E-state index in [0.29, 0.717) is 5.56 Å². The minimum Gasteiger partial charge on any atom is -0.394 e. The number of fused-ring (bicyclic) bond motifs is 1. The van der Waals surface area contributed by atoms with Crippen molar-refractivity contribution in [3.63, 3.8) is 0 Å². The first-order valence-corrected chi connectivity index (χ1v) is 13.0. The standard InChI is InChI=1S/C24H31Cl2N5O7/c1-2-14-21(35)29-16(10-32)22(36)30-17(11-33)24(38)31-9-13(25)19(26)20(31)23(37)28-15(8-18(34)27-14)12-6-4-3-5-7-12/h3-7,13-17,19-20,32-33H,2,8-11H2,1H3,(H,27,34)(H,28,37)(H,29,35)(H,30,36). The summed E-state index contributed by atoms with van der Waals surface area (Å²) in [6, 6.07) is 2.52. The van der Waals surface area contributed by atoms with Crippen LogP contribution in [0.25, 0.3) is 0 Å². The van der Waals surface area contributed by atoms with Crippen LogP contribution in [0.5, 0.6) is 0 Å². The highest BCUT2D eigenvalue weighted by Gasteiger charge is 2.48. The number of benzene rings is 1. The maximum absolute atomic E-state index is 13.5. The molecule has 38 heavy (non-hydrogen) atoms. The van der Waals surface area contributed by atoms with E-state index >= 15 is 0 Å². The molecule has 6 N–H and O–H groups in total. The summed E-state index contributed by atoms with van der Waals surface area (Å²) in [4.78, 5) is 66.4. The van der Waals surface area contributed by atoms with E-state index in [4.69, 9.17) is 23.2 Å². The molecule has 2 aliphatic rings. The molecule has 7 unspecified atom stereocenters. The summed E-state index contributed by atoms with van der Waals surface area (Å²) in [5, 5.41) is 27.8. The topological polar surface area (TPSA) is 177 Å². The molecule has 2 fully saturated rings. The molecule has 0 spiro atoms. The third-order valence-corrected chi connectivity index (χ3v) is 7.57. The quantitative estimate of drug-likeness (QED) is 0.239. The average molecular weight is 572 g/mol. The normalized spacial score (nSPS) is 31.7. The van der Waals surface area contributed by atoms with Gasteiger partial charge in [-0.2, -0.15) is 0 Å². The average Bonchev–Trinajstić information content (AvgIpc) is 3.21. The molecule has 2 heterocycles. The number of rotatable bonds is 4. The van der Waals surface area contributed by atoms with Crippen LogP contribution in [0.2, 0.25) is 0 Å². The van der Waals surface area contributed by atoms with Gasteiger partial charge in [-0.05, 0) is 12.0 Å². The minimum absolute atomic E-state index is 0.145. The summed E-state index contributed by atoms with van der Waals surface area (Å²) >= 11 is 12.7. The van der Waals surface area contributed by atoms with Crippen molar-refractivity contribution in [3.05, 3.63) is 35.9 Å². The Bertz CT molecular complexity index is 1050. The van der Waals surface area contributed by atoms with Crippen LogP contribution in [0.3, 0.4) is 0 Å². The predicted molar refractivity (Wildman–Crippen MR) is 137 cm³/mol. The fraction of sp³-hybridized carbons (Fsp3) is 0.542.